The van der Waals surface area contributed by atoms with Crippen molar-refractivity contribution in [2.45, 2.75) is 25.9 Å². The summed E-state index contributed by atoms with van der Waals surface area (Å²) in [5, 5.41) is 22.5. The molecule has 0 saturated carbocycles. The van der Waals surface area contributed by atoms with E-state index in [1.807, 2.05) is 0 Å². The van der Waals surface area contributed by atoms with Crippen molar-refractivity contribution >= 4 is 11.8 Å². The van der Waals surface area contributed by atoms with Crippen LogP contribution < -0.4 is 10.6 Å². The Bertz CT molecular complexity index is 975. The predicted octanol–water partition coefficient (Wildman–Crippen LogP) is 3.16. The van der Waals surface area contributed by atoms with Gasteiger partial charge in [-0.2, -0.15) is 0 Å². The number of carbonyl (C=O) groups is 1. The second-order valence-electron chi connectivity index (χ2n) is 6.49. The molecule has 1 atom stereocenters. The molecule has 0 fully saturated rings. The minimum absolute atomic E-state index is 0.153. The minimum atomic E-state index is -0.547. The van der Waals surface area contributed by atoms with Crippen LogP contribution >= 0.6 is 0 Å². The monoisotopic (exact) mass is 401 g/mol. The van der Waals surface area contributed by atoms with E-state index in [1.54, 1.807) is 37.3 Å². The number of aliphatic hydroxyl groups is 1. The number of rotatable bonds is 7. The summed E-state index contributed by atoms with van der Waals surface area (Å²) in [5.74, 6) is -0.496. The molecule has 9 heteroatoms. The fourth-order valence-corrected chi connectivity index (χ4v) is 2.86. The number of urea groups is 1. The lowest BCUT2D eigenvalue weighted by Crippen LogP contribution is -2.33. The van der Waals surface area contributed by atoms with Crippen LogP contribution in [0.2, 0.25) is 0 Å². The number of hydrogen-bond donors (Lipinski definition) is 3. The summed E-state index contributed by atoms with van der Waals surface area (Å²) in [4.78, 5) is 12.4. The van der Waals surface area contributed by atoms with Gasteiger partial charge in [-0.1, -0.05) is 35.5 Å². The molecule has 2 amide bonds. The van der Waals surface area contributed by atoms with Crippen LogP contribution in [0.1, 0.15) is 29.3 Å². The molecular formula is C20H21F2N5O2. The van der Waals surface area contributed by atoms with E-state index < -0.39 is 12.1 Å². The Morgan fingerprint density at radius 2 is 1.90 bits per heavy atom. The third-order valence-corrected chi connectivity index (χ3v) is 4.49. The Hall–Kier alpha value is -3.33. The Labute approximate surface area is 166 Å². The Morgan fingerprint density at radius 1 is 1.17 bits per heavy atom. The van der Waals surface area contributed by atoms with Gasteiger partial charge in [0, 0.05) is 12.2 Å². The van der Waals surface area contributed by atoms with E-state index in [2.05, 4.69) is 20.9 Å². The fraction of sp³-hybridized carbons (Fsp3) is 0.250. The lowest BCUT2D eigenvalue weighted by atomic mass is 10.0. The van der Waals surface area contributed by atoms with Crippen molar-refractivity contribution in [3.8, 4) is 0 Å². The highest BCUT2D eigenvalue weighted by molar-refractivity contribution is 5.88. The molecule has 3 rings (SSSR count). The van der Waals surface area contributed by atoms with Crippen LogP contribution in [-0.2, 0) is 6.54 Å². The van der Waals surface area contributed by atoms with E-state index in [1.165, 1.54) is 22.9 Å². The van der Waals surface area contributed by atoms with Crippen molar-refractivity contribution in [3.05, 3.63) is 77.0 Å². The molecule has 2 aromatic carbocycles. The van der Waals surface area contributed by atoms with Crippen LogP contribution in [0.5, 0.6) is 0 Å². The molecule has 0 aliphatic rings. The van der Waals surface area contributed by atoms with Crippen molar-refractivity contribution < 1.29 is 18.7 Å². The van der Waals surface area contributed by atoms with Crippen molar-refractivity contribution in [1.29, 1.82) is 0 Å². The Kier molecular flexibility index (Phi) is 6.50. The second kappa shape index (κ2) is 9.24. The molecule has 1 heterocycles. The first-order chi connectivity index (χ1) is 14.0. The van der Waals surface area contributed by atoms with Gasteiger partial charge < -0.3 is 10.4 Å². The maximum atomic E-state index is 13.8. The standard InChI is InChI=1S/C20H21F2N5O2/c1-13-19(25-26-27(13)12-15-4-2-3-5-17(15)22)24-20(29)23-18(10-11-28)14-6-8-16(21)9-7-14/h2-9,18,28H,10-12H2,1H3,(H2,23,24,29). The van der Waals surface area contributed by atoms with Crippen LogP contribution in [0.15, 0.2) is 48.5 Å². The first-order valence-electron chi connectivity index (χ1n) is 9.05. The van der Waals surface area contributed by atoms with Gasteiger partial charge >= 0.3 is 6.03 Å². The molecule has 152 valence electrons. The van der Waals surface area contributed by atoms with E-state index in [0.717, 1.165) is 0 Å². The summed E-state index contributed by atoms with van der Waals surface area (Å²) in [5.41, 5.74) is 1.68. The zero-order chi connectivity index (χ0) is 20.8. The number of aromatic nitrogens is 3. The van der Waals surface area contributed by atoms with Crippen LogP contribution in [0.4, 0.5) is 19.4 Å². The summed E-state index contributed by atoms with van der Waals surface area (Å²) in [6.07, 6.45) is 0.262. The molecular weight excluding hydrogens is 380 g/mol. The molecule has 0 radical (unpaired) electrons. The number of benzene rings is 2. The molecule has 1 unspecified atom stereocenters. The topological polar surface area (TPSA) is 92.1 Å². The largest absolute Gasteiger partial charge is 0.396 e. The average Bonchev–Trinajstić information content (AvgIpc) is 3.03. The number of anilines is 1. The van der Waals surface area contributed by atoms with Crippen molar-refractivity contribution in [2.24, 2.45) is 0 Å². The number of hydrogen-bond acceptors (Lipinski definition) is 4. The van der Waals surface area contributed by atoms with E-state index in [9.17, 15) is 18.7 Å². The molecule has 7 nitrogen and oxygen atoms in total. The SMILES string of the molecule is Cc1c(NC(=O)NC(CCO)c2ccc(F)cc2)nnn1Cc1ccccc1F. The Balaban J connectivity index is 1.67. The van der Waals surface area contributed by atoms with Crippen molar-refractivity contribution in [3.63, 3.8) is 0 Å². The summed E-state index contributed by atoms with van der Waals surface area (Å²) in [6.45, 7) is 1.74. The van der Waals surface area contributed by atoms with Crippen LogP contribution in [0.25, 0.3) is 0 Å². The molecule has 0 bridgehead atoms. The third-order valence-electron chi connectivity index (χ3n) is 4.49. The number of carbonyl (C=O) groups excluding carboxylic acids is 1. The van der Waals surface area contributed by atoms with Gasteiger partial charge in [-0.3, -0.25) is 5.32 Å². The maximum absolute atomic E-state index is 13.8. The lowest BCUT2D eigenvalue weighted by Gasteiger charge is -2.18. The first kappa shape index (κ1) is 20.4. The zero-order valence-electron chi connectivity index (χ0n) is 15.8. The third kappa shape index (κ3) is 5.14. The number of amides is 2. The zero-order valence-corrected chi connectivity index (χ0v) is 15.8. The highest BCUT2D eigenvalue weighted by Gasteiger charge is 2.17. The molecule has 0 saturated heterocycles. The van der Waals surface area contributed by atoms with E-state index in [0.29, 0.717) is 16.8 Å². The number of nitrogens with zero attached hydrogens (tertiary/aromatic N) is 3. The van der Waals surface area contributed by atoms with Gasteiger partial charge in [0.15, 0.2) is 5.82 Å². The van der Waals surface area contributed by atoms with Crippen molar-refractivity contribution in [1.82, 2.24) is 20.3 Å². The van der Waals surface area contributed by atoms with Gasteiger partial charge in [-0.15, -0.1) is 5.10 Å². The van der Waals surface area contributed by atoms with E-state index >= 15 is 0 Å². The predicted molar refractivity (Wildman–Crippen MR) is 103 cm³/mol. The highest BCUT2D eigenvalue weighted by atomic mass is 19.1. The quantitative estimate of drug-likeness (QED) is 0.567. The fourth-order valence-electron chi connectivity index (χ4n) is 2.86. The average molecular weight is 401 g/mol. The summed E-state index contributed by atoms with van der Waals surface area (Å²) < 4.78 is 28.5. The summed E-state index contributed by atoms with van der Waals surface area (Å²) >= 11 is 0. The van der Waals surface area contributed by atoms with E-state index in [4.69, 9.17) is 0 Å². The molecule has 0 aliphatic heterocycles. The summed E-state index contributed by atoms with van der Waals surface area (Å²) in [7, 11) is 0. The van der Waals surface area contributed by atoms with Crippen LogP contribution in [-0.4, -0.2) is 32.7 Å². The number of halogens is 2. The number of nitrogens with one attached hydrogen (secondary N) is 2. The Morgan fingerprint density at radius 3 is 2.59 bits per heavy atom. The summed E-state index contributed by atoms with van der Waals surface area (Å²) in [6, 6.07) is 11.0. The maximum Gasteiger partial charge on any atom is 0.320 e. The van der Waals surface area contributed by atoms with Gasteiger partial charge in [0.1, 0.15) is 11.6 Å². The molecule has 3 N–H and O–H groups in total. The molecule has 0 spiro atoms. The highest BCUT2D eigenvalue weighted by Crippen LogP contribution is 2.18. The lowest BCUT2D eigenvalue weighted by molar-refractivity contribution is 0.239. The van der Waals surface area contributed by atoms with E-state index in [-0.39, 0.29) is 37.0 Å². The van der Waals surface area contributed by atoms with Gasteiger partial charge in [0.2, 0.25) is 0 Å². The minimum Gasteiger partial charge on any atom is -0.396 e. The van der Waals surface area contributed by atoms with Gasteiger partial charge in [-0.05, 0) is 37.1 Å². The van der Waals surface area contributed by atoms with Gasteiger partial charge in [0.25, 0.3) is 0 Å². The second-order valence-corrected chi connectivity index (χ2v) is 6.49. The van der Waals surface area contributed by atoms with Crippen molar-refractivity contribution in [2.75, 3.05) is 11.9 Å². The molecule has 3 aromatic rings. The normalized spacial score (nSPS) is 11.9. The van der Waals surface area contributed by atoms with Crippen LogP contribution in [0, 0.1) is 18.6 Å². The molecule has 29 heavy (non-hydrogen) atoms. The smallest absolute Gasteiger partial charge is 0.320 e. The van der Waals surface area contributed by atoms with Crippen LogP contribution in [0.3, 0.4) is 0 Å². The van der Waals surface area contributed by atoms with Gasteiger partial charge in [0.05, 0.1) is 18.3 Å². The molecule has 0 aliphatic carbocycles. The number of aliphatic hydroxyl groups excluding tert-OH is 1. The molecule has 1 aromatic heterocycles. The first-order valence-corrected chi connectivity index (χ1v) is 9.05. The van der Waals surface area contributed by atoms with Gasteiger partial charge in [-0.25, -0.2) is 18.3 Å².